The predicted octanol–water partition coefficient (Wildman–Crippen LogP) is 1.72. The fraction of sp³-hybridized carbons (Fsp3) is 0.769. The Kier molecular flexibility index (Phi) is 4.91. The van der Waals surface area contributed by atoms with Crippen LogP contribution in [0.1, 0.15) is 46.5 Å². The quantitative estimate of drug-likeness (QED) is 0.815. The van der Waals surface area contributed by atoms with Crippen LogP contribution in [0.15, 0.2) is 0 Å². The average molecular weight is 271 g/mol. The SMILES string of the molecule is CC(C)(C)OC(=O)NC1CCC(=O)CC1CC(=O)O. The molecule has 2 N–H and O–H groups in total. The highest BCUT2D eigenvalue weighted by atomic mass is 16.6. The lowest BCUT2D eigenvalue weighted by atomic mass is 9.82. The second kappa shape index (κ2) is 6.04. The first-order valence-electron chi connectivity index (χ1n) is 6.40. The van der Waals surface area contributed by atoms with Gasteiger partial charge in [-0.1, -0.05) is 0 Å². The van der Waals surface area contributed by atoms with Gasteiger partial charge in [0.1, 0.15) is 11.4 Å². The number of carboxylic acid groups (broad SMARTS) is 1. The third kappa shape index (κ3) is 5.72. The molecule has 2 atom stereocenters. The van der Waals surface area contributed by atoms with E-state index < -0.39 is 17.7 Å². The van der Waals surface area contributed by atoms with Gasteiger partial charge in [-0.2, -0.15) is 0 Å². The van der Waals surface area contributed by atoms with Crippen molar-refractivity contribution in [1.29, 1.82) is 0 Å². The number of carbonyl (C=O) groups is 3. The molecule has 2 unspecified atom stereocenters. The highest BCUT2D eigenvalue weighted by Gasteiger charge is 2.32. The first kappa shape index (κ1) is 15.5. The number of ketones is 1. The normalized spacial score (nSPS) is 23.8. The zero-order chi connectivity index (χ0) is 14.6. The zero-order valence-electron chi connectivity index (χ0n) is 11.6. The van der Waals surface area contributed by atoms with E-state index in [2.05, 4.69) is 5.32 Å². The minimum atomic E-state index is -0.962. The van der Waals surface area contributed by atoms with E-state index in [0.717, 1.165) is 0 Å². The fourth-order valence-corrected chi connectivity index (χ4v) is 2.18. The van der Waals surface area contributed by atoms with Crippen LogP contribution in [0.5, 0.6) is 0 Å². The second-order valence-corrected chi connectivity index (χ2v) is 5.89. The van der Waals surface area contributed by atoms with Gasteiger partial charge in [-0.05, 0) is 33.1 Å². The van der Waals surface area contributed by atoms with E-state index in [1.807, 2.05) is 0 Å². The Morgan fingerprint density at radius 2 is 2.05 bits per heavy atom. The van der Waals surface area contributed by atoms with Crippen molar-refractivity contribution in [3.63, 3.8) is 0 Å². The molecule has 0 aromatic rings. The molecule has 1 aliphatic rings. The molecular weight excluding hydrogens is 250 g/mol. The molecule has 1 saturated carbocycles. The van der Waals surface area contributed by atoms with Crippen molar-refractivity contribution in [1.82, 2.24) is 5.32 Å². The highest BCUT2D eigenvalue weighted by Crippen LogP contribution is 2.25. The number of carbonyl (C=O) groups excluding carboxylic acids is 2. The lowest BCUT2D eigenvalue weighted by Crippen LogP contribution is -2.46. The lowest BCUT2D eigenvalue weighted by molar-refractivity contribution is -0.139. The molecule has 0 radical (unpaired) electrons. The Balaban J connectivity index is 2.60. The molecular formula is C13H21NO5. The molecule has 1 rings (SSSR count). The van der Waals surface area contributed by atoms with Gasteiger partial charge in [0.05, 0.1) is 6.42 Å². The Hall–Kier alpha value is -1.59. The summed E-state index contributed by atoms with van der Waals surface area (Å²) in [6.45, 7) is 5.27. The van der Waals surface area contributed by atoms with Crippen molar-refractivity contribution in [3.8, 4) is 0 Å². The van der Waals surface area contributed by atoms with Crippen LogP contribution in [0.3, 0.4) is 0 Å². The first-order chi connectivity index (χ1) is 8.67. The molecule has 108 valence electrons. The van der Waals surface area contributed by atoms with Gasteiger partial charge in [0.15, 0.2) is 0 Å². The molecule has 0 aromatic heterocycles. The standard InChI is InChI=1S/C13H21NO5/c1-13(2,3)19-12(18)14-10-5-4-9(15)6-8(10)7-11(16)17/h8,10H,4-7H2,1-3H3,(H,14,18)(H,16,17). The molecule has 0 bridgehead atoms. The number of carboxylic acids is 1. The van der Waals surface area contributed by atoms with E-state index >= 15 is 0 Å². The van der Waals surface area contributed by atoms with Crippen molar-refractivity contribution in [3.05, 3.63) is 0 Å². The molecule has 1 amide bonds. The lowest BCUT2D eigenvalue weighted by Gasteiger charge is -2.31. The van der Waals surface area contributed by atoms with Crippen LogP contribution in [-0.2, 0) is 14.3 Å². The minimum absolute atomic E-state index is 0.0495. The molecule has 0 heterocycles. The number of Topliss-reactive ketones (excluding diaryl/α,β-unsaturated/α-hetero) is 1. The second-order valence-electron chi connectivity index (χ2n) is 5.89. The summed E-state index contributed by atoms with van der Waals surface area (Å²) >= 11 is 0. The zero-order valence-corrected chi connectivity index (χ0v) is 11.6. The number of rotatable bonds is 3. The molecule has 0 aromatic carbocycles. The predicted molar refractivity (Wildman–Crippen MR) is 67.8 cm³/mol. The maximum absolute atomic E-state index is 11.7. The monoisotopic (exact) mass is 271 g/mol. The van der Waals surface area contributed by atoms with Crippen LogP contribution in [0.25, 0.3) is 0 Å². The van der Waals surface area contributed by atoms with Crippen molar-refractivity contribution >= 4 is 17.8 Å². The summed E-state index contributed by atoms with van der Waals surface area (Å²) in [6.07, 6.45) is 0.355. The van der Waals surface area contributed by atoms with E-state index in [4.69, 9.17) is 9.84 Å². The summed E-state index contributed by atoms with van der Waals surface area (Å²) in [6, 6.07) is -0.316. The Labute approximate surface area is 112 Å². The summed E-state index contributed by atoms with van der Waals surface area (Å²) in [5, 5.41) is 11.5. The average Bonchev–Trinajstić information content (AvgIpc) is 2.18. The molecule has 6 nitrogen and oxygen atoms in total. The van der Waals surface area contributed by atoms with Crippen molar-refractivity contribution < 1.29 is 24.2 Å². The Bertz CT molecular complexity index is 370. The molecule has 19 heavy (non-hydrogen) atoms. The van der Waals surface area contributed by atoms with Crippen LogP contribution in [0.4, 0.5) is 4.79 Å². The van der Waals surface area contributed by atoms with Crippen LogP contribution in [0, 0.1) is 5.92 Å². The van der Waals surface area contributed by atoms with Gasteiger partial charge in [-0.3, -0.25) is 9.59 Å². The van der Waals surface area contributed by atoms with Crippen LogP contribution < -0.4 is 5.32 Å². The summed E-state index contributed by atoms with van der Waals surface area (Å²) in [5.74, 6) is -1.27. The summed E-state index contributed by atoms with van der Waals surface area (Å²) in [5.41, 5.74) is -0.600. The largest absolute Gasteiger partial charge is 0.481 e. The third-order valence-corrected chi connectivity index (χ3v) is 2.93. The Morgan fingerprint density at radius 1 is 1.42 bits per heavy atom. The van der Waals surface area contributed by atoms with Crippen LogP contribution in [-0.4, -0.2) is 34.6 Å². The molecule has 6 heteroatoms. The smallest absolute Gasteiger partial charge is 0.407 e. The van der Waals surface area contributed by atoms with E-state index in [0.29, 0.717) is 12.8 Å². The van der Waals surface area contributed by atoms with Gasteiger partial charge in [-0.25, -0.2) is 4.79 Å². The van der Waals surface area contributed by atoms with Crippen molar-refractivity contribution in [2.45, 2.75) is 58.1 Å². The Morgan fingerprint density at radius 3 is 2.58 bits per heavy atom. The molecule has 0 spiro atoms. The van der Waals surface area contributed by atoms with Crippen molar-refractivity contribution in [2.24, 2.45) is 5.92 Å². The molecule has 1 aliphatic carbocycles. The molecule has 0 saturated heterocycles. The number of amides is 1. The number of alkyl carbamates (subject to hydrolysis) is 1. The van der Waals surface area contributed by atoms with E-state index in [1.165, 1.54) is 0 Å². The topological polar surface area (TPSA) is 92.7 Å². The maximum Gasteiger partial charge on any atom is 0.407 e. The van der Waals surface area contributed by atoms with E-state index in [9.17, 15) is 14.4 Å². The van der Waals surface area contributed by atoms with E-state index in [-0.39, 0.29) is 30.6 Å². The number of ether oxygens (including phenoxy) is 1. The van der Waals surface area contributed by atoms with E-state index in [1.54, 1.807) is 20.8 Å². The highest BCUT2D eigenvalue weighted by molar-refractivity contribution is 5.81. The number of nitrogens with one attached hydrogen (secondary N) is 1. The van der Waals surface area contributed by atoms with Gasteiger partial charge < -0.3 is 15.2 Å². The van der Waals surface area contributed by atoms with Crippen LogP contribution >= 0.6 is 0 Å². The first-order valence-corrected chi connectivity index (χ1v) is 6.40. The molecule has 0 aliphatic heterocycles. The summed E-state index contributed by atoms with van der Waals surface area (Å²) < 4.78 is 5.14. The van der Waals surface area contributed by atoms with Gasteiger partial charge in [0.25, 0.3) is 0 Å². The fourth-order valence-electron chi connectivity index (χ4n) is 2.18. The van der Waals surface area contributed by atoms with Crippen LogP contribution in [0.2, 0.25) is 0 Å². The number of aliphatic carboxylic acids is 1. The number of hydrogen-bond acceptors (Lipinski definition) is 4. The molecule has 1 fully saturated rings. The van der Waals surface area contributed by atoms with Gasteiger partial charge in [0, 0.05) is 18.9 Å². The third-order valence-electron chi connectivity index (χ3n) is 2.93. The van der Waals surface area contributed by atoms with Crippen molar-refractivity contribution in [2.75, 3.05) is 0 Å². The summed E-state index contributed by atoms with van der Waals surface area (Å²) in [7, 11) is 0. The van der Waals surface area contributed by atoms with Gasteiger partial charge in [0.2, 0.25) is 0 Å². The maximum atomic E-state index is 11.7. The summed E-state index contributed by atoms with van der Waals surface area (Å²) in [4.78, 5) is 33.8. The number of hydrogen-bond donors (Lipinski definition) is 2. The minimum Gasteiger partial charge on any atom is -0.481 e. The van der Waals surface area contributed by atoms with Gasteiger partial charge >= 0.3 is 12.1 Å². The van der Waals surface area contributed by atoms with Gasteiger partial charge in [-0.15, -0.1) is 0 Å².